The maximum atomic E-state index is 11.7. The molecule has 0 aliphatic carbocycles. The first-order chi connectivity index (χ1) is 20.6. The molecule has 252 valence electrons. The topological polar surface area (TPSA) is 137 Å². The summed E-state index contributed by atoms with van der Waals surface area (Å²) in [5, 5.41) is 51.5. The van der Waals surface area contributed by atoms with Crippen LogP contribution in [-0.4, -0.2) is 73.9 Å². The molecule has 43 heavy (non-hydrogen) atoms. The normalized spacial score (nSPS) is 25.0. The van der Waals surface area contributed by atoms with Gasteiger partial charge < -0.3 is 35.0 Å². The lowest BCUT2D eigenvalue weighted by atomic mass is 9.99. The average Bonchev–Trinajstić information content (AvgIpc) is 3.55. The van der Waals surface area contributed by atoms with Crippen LogP contribution in [0.3, 0.4) is 0 Å². The molecule has 0 aromatic rings. The Hall–Kier alpha value is -1.03. The van der Waals surface area contributed by atoms with E-state index in [9.17, 15) is 30.3 Å². The highest BCUT2D eigenvalue weighted by Crippen LogP contribution is 2.29. The summed E-state index contributed by atoms with van der Waals surface area (Å²) in [6.07, 6.45) is 21.3. The van der Waals surface area contributed by atoms with Crippen LogP contribution >= 0.6 is 0 Å². The highest BCUT2D eigenvalue weighted by atomic mass is 16.7. The zero-order valence-electron chi connectivity index (χ0n) is 27.3. The molecule has 7 atom stereocenters. The Labute approximate surface area is 261 Å². The Balaban J connectivity index is 1.42. The molecule has 0 amide bonds. The molecule has 2 rings (SSSR count). The summed E-state index contributed by atoms with van der Waals surface area (Å²) in [7, 11) is 0. The van der Waals surface area contributed by atoms with Crippen LogP contribution in [0.1, 0.15) is 162 Å². The Morgan fingerprint density at radius 1 is 0.698 bits per heavy atom. The van der Waals surface area contributed by atoms with Crippen molar-refractivity contribution in [1.29, 1.82) is 0 Å². The fourth-order valence-electron chi connectivity index (χ4n) is 6.45. The minimum Gasteiger partial charge on any atom is -0.426 e. The molecule has 0 saturated carbocycles. The first kappa shape index (κ1) is 38.2. The van der Waals surface area contributed by atoms with Crippen LogP contribution in [0.5, 0.6) is 0 Å². The first-order valence-electron chi connectivity index (χ1n) is 17.7. The predicted octanol–water partition coefficient (Wildman–Crippen LogP) is 6.38. The van der Waals surface area contributed by atoms with Gasteiger partial charge in [0.15, 0.2) is 0 Å². The Bertz CT molecular complexity index is 769. The summed E-state index contributed by atoms with van der Waals surface area (Å²) >= 11 is 0. The van der Waals surface area contributed by atoms with Crippen LogP contribution in [0, 0.1) is 0 Å². The predicted molar refractivity (Wildman–Crippen MR) is 169 cm³/mol. The molecule has 0 spiro atoms. The van der Waals surface area contributed by atoms with Crippen molar-refractivity contribution in [1.82, 2.24) is 0 Å². The van der Waals surface area contributed by atoms with Crippen LogP contribution in [0.25, 0.3) is 0 Å². The number of rotatable bonds is 26. The fourth-order valence-corrected chi connectivity index (χ4v) is 6.45. The van der Waals surface area contributed by atoms with Crippen LogP contribution in [0.2, 0.25) is 0 Å². The SMILES string of the molecule is CCCCCCCCCCCC[C@@H](O)[C@H]1CC[C@H]([C@H](O)CCCCC(O)CCCCC[C@@H](O)CC2=CC(C)(O)OC2=O)O1. The molecule has 0 bridgehead atoms. The van der Waals surface area contributed by atoms with Gasteiger partial charge in [-0.05, 0) is 51.0 Å². The number of ether oxygens (including phenoxy) is 2. The first-order valence-corrected chi connectivity index (χ1v) is 17.7. The number of cyclic esters (lactones) is 1. The summed E-state index contributed by atoms with van der Waals surface area (Å²) in [5.41, 5.74) is 0.314. The number of esters is 1. The standard InChI is InChI=1S/C35H64O8/c1-3-4-5-6-7-8-9-10-11-15-21-30(38)32-23-24-33(42-32)31(39)22-17-16-19-28(36)18-13-12-14-20-29(37)25-27-26-35(2,41)43-34(27)40/h26,28-33,36-39,41H,3-25H2,1-2H3/t28?,29-,30-,31-,32-,33-,35?/m1/s1. The molecule has 8 nitrogen and oxygen atoms in total. The molecule has 0 aromatic carbocycles. The average molecular weight is 613 g/mol. The maximum Gasteiger partial charge on any atom is 0.336 e. The monoisotopic (exact) mass is 612 g/mol. The van der Waals surface area contributed by atoms with E-state index in [0.717, 1.165) is 57.8 Å². The lowest BCUT2D eigenvalue weighted by Gasteiger charge is -2.22. The third-order valence-corrected chi connectivity index (χ3v) is 9.12. The second kappa shape index (κ2) is 21.7. The number of hydrogen-bond acceptors (Lipinski definition) is 8. The lowest BCUT2D eigenvalue weighted by molar-refractivity contribution is -0.173. The van der Waals surface area contributed by atoms with E-state index in [1.807, 2.05) is 0 Å². The van der Waals surface area contributed by atoms with Crippen LogP contribution < -0.4 is 0 Å². The lowest BCUT2D eigenvalue weighted by Crippen LogP contribution is -2.31. The molecular formula is C35H64O8. The van der Waals surface area contributed by atoms with E-state index in [2.05, 4.69) is 6.92 Å². The summed E-state index contributed by atoms with van der Waals surface area (Å²) in [4.78, 5) is 11.7. The molecule has 0 radical (unpaired) electrons. The van der Waals surface area contributed by atoms with Gasteiger partial charge in [0.1, 0.15) is 0 Å². The third-order valence-electron chi connectivity index (χ3n) is 9.12. The minimum absolute atomic E-state index is 0.159. The highest BCUT2D eigenvalue weighted by molar-refractivity contribution is 5.91. The Kier molecular flexibility index (Phi) is 19.2. The number of aliphatic hydroxyl groups is 5. The molecule has 8 heteroatoms. The van der Waals surface area contributed by atoms with E-state index in [-0.39, 0.29) is 24.7 Å². The van der Waals surface area contributed by atoms with Crippen molar-refractivity contribution in [2.45, 2.75) is 204 Å². The summed E-state index contributed by atoms with van der Waals surface area (Å²) in [5.74, 6) is -2.16. The second-order valence-electron chi connectivity index (χ2n) is 13.4. The maximum absolute atomic E-state index is 11.7. The van der Waals surface area contributed by atoms with Crippen molar-refractivity contribution < 1.29 is 39.8 Å². The van der Waals surface area contributed by atoms with Crippen molar-refractivity contribution in [2.75, 3.05) is 0 Å². The van der Waals surface area contributed by atoms with E-state index < -0.39 is 30.1 Å². The van der Waals surface area contributed by atoms with E-state index in [1.165, 1.54) is 70.8 Å². The van der Waals surface area contributed by atoms with Crippen molar-refractivity contribution in [2.24, 2.45) is 0 Å². The van der Waals surface area contributed by atoms with Gasteiger partial charge in [0.25, 0.3) is 0 Å². The van der Waals surface area contributed by atoms with Crippen LogP contribution in [0.4, 0.5) is 0 Å². The number of carbonyl (C=O) groups is 1. The molecular weight excluding hydrogens is 548 g/mol. The summed E-state index contributed by atoms with van der Waals surface area (Å²) < 4.78 is 10.9. The number of hydrogen-bond donors (Lipinski definition) is 5. The number of unbranched alkanes of at least 4 members (excludes halogenated alkanes) is 12. The smallest absolute Gasteiger partial charge is 0.336 e. The van der Waals surface area contributed by atoms with Gasteiger partial charge in [0.2, 0.25) is 5.79 Å². The van der Waals surface area contributed by atoms with Crippen molar-refractivity contribution >= 4 is 5.97 Å². The van der Waals surface area contributed by atoms with Gasteiger partial charge in [-0.2, -0.15) is 0 Å². The van der Waals surface area contributed by atoms with E-state index in [0.29, 0.717) is 31.3 Å². The molecule has 5 N–H and O–H groups in total. The second-order valence-corrected chi connectivity index (χ2v) is 13.4. The summed E-state index contributed by atoms with van der Waals surface area (Å²) in [6.45, 7) is 3.64. The minimum atomic E-state index is -1.58. The van der Waals surface area contributed by atoms with E-state index in [1.54, 1.807) is 0 Å². The highest BCUT2D eigenvalue weighted by Gasteiger charge is 2.35. The quantitative estimate of drug-likeness (QED) is 0.0561. The molecule has 1 fully saturated rings. The van der Waals surface area contributed by atoms with Crippen molar-refractivity contribution in [3.8, 4) is 0 Å². The third kappa shape index (κ3) is 16.7. The van der Waals surface area contributed by atoms with Crippen molar-refractivity contribution in [3.05, 3.63) is 11.6 Å². The van der Waals surface area contributed by atoms with Crippen molar-refractivity contribution in [3.63, 3.8) is 0 Å². The Morgan fingerprint density at radius 2 is 1.12 bits per heavy atom. The van der Waals surface area contributed by atoms with Crippen LogP contribution in [0.15, 0.2) is 11.6 Å². The Morgan fingerprint density at radius 3 is 1.63 bits per heavy atom. The summed E-state index contributed by atoms with van der Waals surface area (Å²) in [6, 6.07) is 0. The van der Waals surface area contributed by atoms with Gasteiger partial charge in [0, 0.05) is 18.9 Å². The van der Waals surface area contributed by atoms with Gasteiger partial charge >= 0.3 is 5.97 Å². The molecule has 0 aromatic heterocycles. The number of aliphatic hydroxyl groups excluding tert-OH is 4. The van der Waals surface area contributed by atoms with Gasteiger partial charge in [-0.25, -0.2) is 4.79 Å². The van der Waals surface area contributed by atoms with Gasteiger partial charge in [-0.3, -0.25) is 0 Å². The van der Waals surface area contributed by atoms with Crippen LogP contribution in [-0.2, 0) is 14.3 Å². The molecule has 2 heterocycles. The molecule has 2 aliphatic heterocycles. The zero-order valence-corrected chi connectivity index (χ0v) is 27.3. The largest absolute Gasteiger partial charge is 0.426 e. The number of carbonyl (C=O) groups excluding carboxylic acids is 1. The molecule has 2 unspecified atom stereocenters. The fraction of sp³-hybridized carbons (Fsp3) is 0.914. The van der Waals surface area contributed by atoms with Gasteiger partial charge in [-0.1, -0.05) is 103 Å². The van der Waals surface area contributed by atoms with E-state index >= 15 is 0 Å². The molecule has 2 aliphatic rings. The van der Waals surface area contributed by atoms with E-state index in [4.69, 9.17) is 9.47 Å². The molecule has 1 saturated heterocycles. The zero-order chi connectivity index (χ0) is 31.5. The van der Waals surface area contributed by atoms with Gasteiger partial charge in [-0.15, -0.1) is 0 Å². The van der Waals surface area contributed by atoms with Gasteiger partial charge in [0.05, 0.1) is 36.6 Å².